The summed E-state index contributed by atoms with van der Waals surface area (Å²) in [5.74, 6) is 0.504. The van der Waals surface area contributed by atoms with Gasteiger partial charge in [-0.1, -0.05) is 18.6 Å². The Balaban J connectivity index is 3.52. The van der Waals surface area contributed by atoms with Crippen molar-refractivity contribution >= 4 is 6.29 Å². The third kappa shape index (κ3) is 7.72. The lowest BCUT2D eigenvalue weighted by atomic mass is 10.0. The topological polar surface area (TPSA) is 26.3 Å². The number of ether oxygens (including phenoxy) is 1. The van der Waals surface area contributed by atoms with Gasteiger partial charge in [-0.05, 0) is 25.7 Å². The lowest BCUT2D eigenvalue weighted by Gasteiger charge is -2.05. The molecule has 2 nitrogen and oxygen atoms in total. The van der Waals surface area contributed by atoms with E-state index in [-0.39, 0.29) is 0 Å². The minimum Gasteiger partial charge on any atom is -0.380 e. The SMILES string of the molecule is COC/C(C)=C\CC[C@H](C)CC=O. The van der Waals surface area contributed by atoms with Crippen LogP contribution in [0.15, 0.2) is 11.6 Å². The average Bonchev–Trinajstić information content (AvgIpc) is 2.05. The fourth-order valence-electron chi connectivity index (χ4n) is 1.18. The van der Waals surface area contributed by atoms with Gasteiger partial charge in [0.25, 0.3) is 0 Å². The largest absolute Gasteiger partial charge is 0.380 e. The van der Waals surface area contributed by atoms with E-state index in [0.717, 1.165) is 19.1 Å². The minimum atomic E-state index is 0.504. The van der Waals surface area contributed by atoms with Crippen LogP contribution in [0.2, 0.25) is 0 Å². The molecule has 1 atom stereocenters. The molecule has 0 saturated heterocycles. The number of rotatable bonds is 7. The normalized spacial score (nSPS) is 14.2. The molecule has 0 aromatic heterocycles. The Hall–Kier alpha value is -0.630. The van der Waals surface area contributed by atoms with Crippen LogP contribution in [0, 0.1) is 5.92 Å². The summed E-state index contributed by atoms with van der Waals surface area (Å²) in [5, 5.41) is 0. The molecule has 0 heterocycles. The first-order valence-electron chi connectivity index (χ1n) is 4.79. The predicted molar refractivity (Wildman–Crippen MR) is 54.7 cm³/mol. The van der Waals surface area contributed by atoms with Crippen LogP contribution in [0.5, 0.6) is 0 Å². The number of hydrogen-bond acceptors (Lipinski definition) is 2. The molecule has 0 bridgehead atoms. The van der Waals surface area contributed by atoms with Crippen molar-refractivity contribution in [2.45, 2.75) is 33.1 Å². The lowest BCUT2D eigenvalue weighted by Crippen LogP contribution is -1.95. The summed E-state index contributed by atoms with van der Waals surface area (Å²) in [5.41, 5.74) is 1.26. The van der Waals surface area contributed by atoms with Crippen LogP contribution in [-0.4, -0.2) is 20.0 Å². The molecule has 0 aromatic carbocycles. The summed E-state index contributed by atoms with van der Waals surface area (Å²) in [4.78, 5) is 10.2. The molecule has 0 fully saturated rings. The van der Waals surface area contributed by atoms with Gasteiger partial charge in [0.05, 0.1) is 6.61 Å². The third-order valence-electron chi connectivity index (χ3n) is 2.02. The second-order valence-electron chi connectivity index (χ2n) is 3.57. The zero-order valence-corrected chi connectivity index (χ0v) is 8.88. The Labute approximate surface area is 81.0 Å². The Morgan fingerprint density at radius 1 is 1.54 bits per heavy atom. The van der Waals surface area contributed by atoms with Crippen LogP contribution in [0.4, 0.5) is 0 Å². The van der Waals surface area contributed by atoms with Crippen molar-refractivity contribution < 1.29 is 9.53 Å². The zero-order chi connectivity index (χ0) is 10.1. The molecule has 0 aliphatic heterocycles. The van der Waals surface area contributed by atoms with E-state index in [2.05, 4.69) is 19.9 Å². The van der Waals surface area contributed by atoms with Crippen LogP contribution in [0.25, 0.3) is 0 Å². The summed E-state index contributed by atoms with van der Waals surface area (Å²) in [6.45, 7) is 4.88. The predicted octanol–water partition coefficient (Wildman–Crippen LogP) is 2.58. The molecule has 0 aliphatic rings. The maximum absolute atomic E-state index is 10.2. The van der Waals surface area contributed by atoms with E-state index >= 15 is 0 Å². The molecule has 13 heavy (non-hydrogen) atoms. The molecular weight excluding hydrogens is 164 g/mol. The molecule has 0 saturated carbocycles. The number of aldehydes is 1. The number of carbonyl (C=O) groups is 1. The van der Waals surface area contributed by atoms with Crippen LogP contribution < -0.4 is 0 Å². The lowest BCUT2D eigenvalue weighted by molar-refractivity contribution is -0.108. The van der Waals surface area contributed by atoms with Crippen molar-refractivity contribution in [1.29, 1.82) is 0 Å². The minimum absolute atomic E-state index is 0.504. The average molecular weight is 184 g/mol. The van der Waals surface area contributed by atoms with Gasteiger partial charge in [-0.3, -0.25) is 0 Å². The van der Waals surface area contributed by atoms with Gasteiger partial charge >= 0.3 is 0 Å². The highest BCUT2D eigenvalue weighted by atomic mass is 16.5. The van der Waals surface area contributed by atoms with Crippen molar-refractivity contribution in [2.75, 3.05) is 13.7 Å². The Kier molecular flexibility index (Phi) is 7.60. The Bertz CT molecular complexity index is 161. The summed E-state index contributed by atoms with van der Waals surface area (Å²) >= 11 is 0. The summed E-state index contributed by atoms with van der Waals surface area (Å²) in [6, 6.07) is 0. The highest BCUT2D eigenvalue weighted by Crippen LogP contribution is 2.10. The van der Waals surface area contributed by atoms with Gasteiger partial charge in [-0.15, -0.1) is 0 Å². The van der Waals surface area contributed by atoms with Crippen molar-refractivity contribution in [2.24, 2.45) is 5.92 Å². The Morgan fingerprint density at radius 3 is 2.77 bits per heavy atom. The van der Waals surface area contributed by atoms with Crippen LogP contribution in [0.3, 0.4) is 0 Å². The van der Waals surface area contributed by atoms with E-state index in [1.165, 1.54) is 5.57 Å². The number of methoxy groups -OCH3 is 1. The molecule has 76 valence electrons. The van der Waals surface area contributed by atoms with Crippen molar-refractivity contribution in [3.8, 4) is 0 Å². The van der Waals surface area contributed by atoms with Crippen molar-refractivity contribution in [3.05, 3.63) is 11.6 Å². The van der Waals surface area contributed by atoms with E-state index in [0.29, 0.717) is 18.9 Å². The van der Waals surface area contributed by atoms with Gasteiger partial charge in [0.1, 0.15) is 6.29 Å². The van der Waals surface area contributed by atoms with E-state index in [4.69, 9.17) is 4.74 Å². The first kappa shape index (κ1) is 12.4. The van der Waals surface area contributed by atoms with Crippen molar-refractivity contribution in [3.63, 3.8) is 0 Å². The van der Waals surface area contributed by atoms with Gasteiger partial charge in [0.2, 0.25) is 0 Å². The molecule has 0 spiro atoms. The summed E-state index contributed by atoms with van der Waals surface area (Å²) < 4.78 is 4.98. The molecule has 0 aromatic rings. The standard InChI is InChI=1S/C11H20O2/c1-10(7-8-12)5-4-6-11(2)9-13-3/h6,8,10H,4-5,7,9H2,1-3H3/b11-6-/t10-/m0/s1. The van der Waals surface area contributed by atoms with Gasteiger partial charge in [0.15, 0.2) is 0 Å². The van der Waals surface area contributed by atoms with E-state index in [1.54, 1.807) is 7.11 Å². The number of carbonyl (C=O) groups excluding carboxylic acids is 1. The molecule has 2 heteroatoms. The van der Waals surface area contributed by atoms with Crippen LogP contribution >= 0.6 is 0 Å². The zero-order valence-electron chi connectivity index (χ0n) is 8.88. The smallest absolute Gasteiger partial charge is 0.120 e. The molecule has 0 rings (SSSR count). The monoisotopic (exact) mass is 184 g/mol. The maximum Gasteiger partial charge on any atom is 0.120 e. The Morgan fingerprint density at radius 2 is 2.23 bits per heavy atom. The second-order valence-corrected chi connectivity index (χ2v) is 3.57. The maximum atomic E-state index is 10.2. The van der Waals surface area contributed by atoms with E-state index in [9.17, 15) is 4.79 Å². The molecular formula is C11H20O2. The molecule has 0 N–H and O–H groups in total. The quantitative estimate of drug-likeness (QED) is 0.449. The highest BCUT2D eigenvalue weighted by Gasteiger charge is 1.98. The molecule has 0 aliphatic carbocycles. The second kappa shape index (κ2) is 7.99. The first-order chi connectivity index (χ1) is 6.20. The number of allylic oxidation sites excluding steroid dienone is 1. The van der Waals surface area contributed by atoms with E-state index in [1.807, 2.05) is 0 Å². The van der Waals surface area contributed by atoms with E-state index < -0.39 is 0 Å². The van der Waals surface area contributed by atoms with Gasteiger partial charge < -0.3 is 9.53 Å². The third-order valence-corrected chi connectivity index (χ3v) is 2.02. The highest BCUT2D eigenvalue weighted by molar-refractivity contribution is 5.49. The van der Waals surface area contributed by atoms with Crippen LogP contribution in [0.1, 0.15) is 33.1 Å². The fraction of sp³-hybridized carbons (Fsp3) is 0.727. The summed E-state index contributed by atoms with van der Waals surface area (Å²) in [6.07, 6.45) is 5.99. The van der Waals surface area contributed by atoms with Gasteiger partial charge in [0, 0.05) is 13.5 Å². The first-order valence-corrected chi connectivity index (χ1v) is 4.79. The summed E-state index contributed by atoms with van der Waals surface area (Å²) in [7, 11) is 1.70. The van der Waals surface area contributed by atoms with Gasteiger partial charge in [-0.2, -0.15) is 0 Å². The molecule has 0 unspecified atom stereocenters. The van der Waals surface area contributed by atoms with Crippen molar-refractivity contribution in [1.82, 2.24) is 0 Å². The molecule has 0 radical (unpaired) electrons. The fourth-order valence-corrected chi connectivity index (χ4v) is 1.18. The number of hydrogen-bond donors (Lipinski definition) is 0. The van der Waals surface area contributed by atoms with Crippen LogP contribution in [-0.2, 0) is 9.53 Å². The molecule has 0 amide bonds. The van der Waals surface area contributed by atoms with Gasteiger partial charge in [-0.25, -0.2) is 0 Å².